The first kappa shape index (κ1) is 14.3. The molecule has 1 atom stereocenters. The molecule has 0 saturated heterocycles. The van der Waals surface area contributed by atoms with Crippen molar-refractivity contribution in [3.63, 3.8) is 0 Å². The van der Waals surface area contributed by atoms with Gasteiger partial charge in [-0.3, -0.25) is 4.79 Å². The number of benzene rings is 2. The topological polar surface area (TPSA) is 26.3 Å². The summed E-state index contributed by atoms with van der Waals surface area (Å²) in [4.78, 5) is 12.0. The van der Waals surface area contributed by atoms with E-state index in [1.807, 2.05) is 12.1 Å². The normalized spacial score (nSPS) is 22.3. The van der Waals surface area contributed by atoms with Crippen LogP contribution in [0.5, 0.6) is 5.75 Å². The number of carbonyl (C=O) groups is 1. The zero-order valence-electron chi connectivity index (χ0n) is 13.3. The predicted octanol–water partition coefficient (Wildman–Crippen LogP) is 4.23. The average molecular weight is 304 g/mol. The van der Waals surface area contributed by atoms with E-state index in [9.17, 15) is 4.79 Å². The number of ketones is 1. The Bertz CT molecular complexity index is 789. The van der Waals surface area contributed by atoms with Gasteiger partial charge in [0.15, 0.2) is 5.78 Å². The zero-order chi connectivity index (χ0) is 15.9. The van der Waals surface area contributed by atoms with E-state index in [0.29, 0.717) is 6.42 Å². The van der Waals surface area contributed by atoms with Crippen molar-refractivity contribution in [3.05, 3.63) is 71.3 Å². The highest BCUT2D eigenvalue weighted by Gasteiger charge is 2.44. The molecule has 0 N–H and O–H groups in total. The van der Waals surface area contributed by atoms with Crippen LogP contribution in [0.2, 0.25) is 0 Å². The number of fused-ring (bicyclic) bond motifs is 3. The fraction of sp³-hybridized carbons (Fsp3) is 0.286. The summed E-state index contributed by atoms with van der Waals surface area (Å²) in [5, 5.41) is 0. The maximum absolute atomic E-state index is 12.0. The lowest BCUT2D eigenvalue weighted by molar-refractivity contribution is -0.115. The molecule has 4 rings (SSSR count). The number of rotatable bonds is 3. The summed E-state index contributed by atoms with van der Waals surface area (Å²) in [6, 6.07) is 16.9. The lowest BCUT2D eigenvalue weighted by atomic mass is 9.69. The average Bonchev–Trinajstić information content (AvgIpc) is 2.88. The lowest BCUT2D eigenvalue weighted by Crippen LogP contribution is -2.28. The third-order valence-electron chi connectivity index (χ3n) is 5.24. The molecule has 0 fully saturated rings. The first-order chi connectivity index (χ1) is 11.2. The number of hydrogen-bond donors (Lipinski definition) is 0. The van der Waals surface area contributed by atoms with Gasteiger partial charge in [-0.25, -0.2) is 0 Å². The summed E-state index contributed by atoms with van der Waals surface area (Å²) in [6.45, 7) is 0. The first-order valence-electron chi connectivity index (χ1n) is 8.16. The van der Waals surface area contributed by atoms with Gasteiger partial charge in [0.25, 0.3) is 0 Å². The maximum atomic E-state index is 12.0. The number of ether oxygens (including phenoxy) is 1. The molecule has 23 heavy (non-hydrogen) atoms. The molecule has 0 radical (unpaired) electrons. The number of carbonyl (C=O) groups excluding carboxylic acids is 1. The first-order valence-corrected chi connectivity index (χ1v) is 8.16. The molecule has 116 valence electrons. The Labute approximate surface area is 136 Å². The van der Waals surface area contributed by atoms with E-state index >= 15 is 0 Å². The second kappa shape index (κ2) is 5.38. The fourth-order valence-corrected chi connectivity index (χ4v) is 4.13. The van der Waals surface area contributed by atoms with Crippen LogP contribution in [-0.2, 0) is 17.6 Å². The van der Waals surface area contributed by atoms with E-state index in [1.165, 1.54) is 22.3 Å². The van der Waals surface area contributed by atoms with Gasteiger partial charge in [0.05, 0.1) is 7.11 Å². The van der Waals surface area contributed by atoms with Gasteiger partial charge >= 0.3 is 0 Å². The van der Waals surface area contributed by atoms with Crippen molar-refractivity contribution in [2.45, 2.75) is 25.7 Å². The highest BCUT2D eigenvalue weighted by Crippen LogP contribution is 2.53. The summed E-state index contributed by atoms with van der Waals surface area (Å²) >= 11 is 0. The van der Waals surface area contributed by atoms with E-state index in [1.54, 1.807) is 7.11 Å². The molecule has 0 heterocycles. The Hall–Kier alpha value is -2.35. The van der Waals surface area contributed by atoms with E-state index in [2.05, 4.69) is 42.5 Å². The smallest absolute Gasteiger partial charge is 0.156 e. The predicted molar refractivity (Wildman–Crippen MR) is 91.5 cm³/mol. The Morgan fingerprint density at radius 3 is 2.74 bits per heavy atom. The molecule has 2 aliphatic carbocycles. The third kappa shape index (κ3) is 2.39. The minimum Gasteiger partial charge on any atom is -0.497 e. The summed E-state index contributed by atoms with van der Waals surface area (Å²) in [5.41, 5.74) is 5.17. The van der Waals surface area contributed by atoms with E-state index < -0.39 is 0 Å². The van der Waals surface area contributed by atoms with Gasteiger partial charge in [0.2, 0.25) is 0 Å². The van der Waals surface area contributed by atoms with Crippen LogP contribution in [0.4, 0.5) is 0 Å². The van der Waals surface area contributed by atoms with Crippen LogP contribution < -0.4 is 4.74 Å². The van der Waals surface area contributed by atoms with Crippen molar-refractivity contribution in [3.8, 4) is 5.75 Å². The molecule has 2 heteroatoms. The summed E-state index contributed by atoms with van der Waals surface area (Å²) in [7, 11) is 1.70. The molecule has 0 bridgehead atoms. The van der Waals surface area contributed by atoms with Crippen molar-refractivity contribution in [1.29, 1.82) is 0 Å². The van der Waals surface area contributed by atoms with Crippen molar-refractivity contribution in [2.75, 3.05) is 7.11 Å². The van der Waals surface area contributed by atoms with Gasteiger partial charge in [-0.2, -0.15) is 0 Å². The molecule has 0 saturated carbocycles. The Balaban J connectivity index is 1.79. The molecule has 0 aliphatic heterocycles. The minimum absolute atomic E-state index is 0.0595. The third-order valence-corrected chi connectivity index (χ3v) is 5.24. The van der Waals surface area contributed by atoms with Crippen molar-refractivity contribution in [2.24, 2.45) is 5.41 Å². The minimum atomic E-state index is 0.0595. The molecule has 0 aromatic heterocycles. The van der Waals surface area contributed by atoms with Gasteiger partial charge in [0, 0.05) is 11.8 Å². The van der Waals surface area contributed by atoms with Gasteiger partial charge < -0.3 is 4.74 Å². The number of allylic oxidation sites excluding steroid dienone is 2. The number of hydrogen-bond acceptors (Lipinski definition) is 2. The summed E-state index contributed by atoms with van der Waals surface area (Å²) < 4.78 is 5.38. The van der Waals surface area contributed by atoms with E-state index in [4.69, 9.17) is 4.74 Å². The standard InChI is InChI=1S/C21H20O2/c1-23-18-7-8-19-16(11-18)14-21(10-9-17(22)12-20(19)21)13-15-5-3-2-4-6-15/h2-8,11-12H,9-10,13-14H2,1H3. The molecule has 2 aromatic carbocycles. The molecule has 2 aliphatic rings. The molecule has 0 amide bonds. The second-order valence-electron chi connectivity index (χ2n) is 6.67. The Morgan fingerprint density at radius 2 is 1.96 bits per heavy atom. The quantitative estimate of drug-likeness (QED) is 0.848. The van der Waals surface area contributed by atoms with Crippen LogP contribution in [-0.4, -0.2) is 12.9 Å². The van der Waals surface area contributed by atoms with Crippen LogP contribution in [0.25, 0.3) is 5.57 Å². The largest absolute Gasteiger partial charge is 0.497 e. The monoisotopic (exact) mass is 304 g/mol. The van der Waals surface area contributed by atoms with Crippen molar-refractivity contribution in [1.82, 2.24) is 0 Å². The van der Waals surface area contributed by atoms with Gasteiger partial charge in [-0.15, -0.1) is 0 Å². The van der Waals surface area contributed by atoms with Crippen LogP contribution in [0.15, 0.2) is 54.6 Å². The SMILES string of the molecule is COc1ccc2c(c1)CC1(Cc3ccccc3)CCC(=O)C=C21. The Kier molecular flexibility index (Phi) is 3.33. The summed E-state index contributed by atoms with van der Waals surface area (Å²) in [5.74, 6) is 1.15. The van der Waals surface area contributed by atoms with E-state index in [-0.39, 0.29) is 11.2 Å². The summed E-state index contributed by atoms with van der Waals surface area (Å²) in [6.07, 6.45) is 5.47. The van der Waals surface area contributed by atoms with Crippen molar-refractivity contribution < 1.29 is 9.53 Å². The zero-order valence-corrected chi connectivity index (χ0v) is 13.3. The van der Waals surface area contributed by atoms with Gasteiger partial charge in [0.1, 0.15) is 5.75 Å². The van der Waals surface area contributed by atoms with Gasteiger partial charge in [-0.05, 0) is 59.7 Å². The second-order valence-corrected chi connectivity index (χ2v) is 6.67. The van der Waals surface area contributed by atoms with Crippen LogP contribution in [0.1, 0.15) is 29.5 Å². The van der Waals surface area contributed by atoms with E-state index in [0.717, 1.165) is 25.0 Å². The Morgan fingerprint density at radius 1 is 1.13 bits per heavy atom. The van der Waals surface area contributed by atoms with Crippen LogP contribution in [0.3, 0.4) is 0 Å². The fourth-order valence-electron chi connectivity index (χ4n) is 4.13. The van der Waals surface area contributed by atoms with Crippen LogP contribution >= 0.6 is 0 Å². The molecule has 2 nitrogen and oxygen atoms in total. The highest BCUT2D eigenvalue weighted by molar-refractivity contribution is 6.01. The maximum Gasteiger partial charge on any atom is 0.156 e. The molecule has 1 unspecified atom stereocenters. The molecule has 0 spiro atoms. The van der Waals surface area contributed by atoms with Crippen LogP contribution in [0, 0.1) is 5.41 Å². The molecule has 2 aromatic rings. The molecular formula is C21H20O2. The molecular weight excluding hydrogens is 284 g/mol. The van der Waals surface area contributed by atoms with Crippen molar-refractivity contribution >= 4 is 11.4 Å². The lowest BCUT2D eigenvalue weighted by Gasteiger charge is -2.34. The highest BCUT2D eigenvalue weighted by atomic mass is 16.5. The number of methoxy groups -OCH3 is 1. The van der Waals surface area contributed by atoms with Gasteiger partial charge in [-0.1, -0.05) is 36.4 Å².